The van der Waals surface area contributed by atoms with Crippen molar-refractivity contribution >= 4 is 5.69 Å². The molecule has 1 fully saturated rings. The molecule has 3 nitrogen and oxygen atoms in total. The number of anilines is 1. The molecular formula is C20H26N2O. The predicted octanol–water partition coefficient (Wildman–Crippen LogP) is 3.63. The van der Waals surface area contributed by atoms with Crippen LogP contribution in [0.5, 0.6) is 5.75 Å². The average Bonchev–Trinajstić information content (AvgIpc) is 2.57. The lowest BCUT2D eigenvalue weighted by atomic mass is 9.88. The molecule has 2 aromatic carbocycles. The van der Waals surface area contributed by atoms with Crippen LogP contribution in [0.3, 0.4) is 0 Å². The van der Waals surface area contributed by atoms with Gasteiger partial charge in [-0.1, -0.05) is 18.2 Å². The van der Waals surface area contributed by atoms with Crippen molar-refractivity contribution in [2.45, 2.75) is 32.2 Å². The summed E-state index contributed by atoms with van der Waals surface area (Å²) < 4.78 is 5.26. The van der Waals surface area contributed by atoms with Crippen LogP contribution >= 0.6 is 0 Å². The van der Waals surface area contributed by atoms with Crippen LogP contribution in [0.4, 0.5) is 5.69 Å². The predicted molar refractivity (Wildman–Crippen MR) is 96.5 cm³/mol. The van der Waals surface area contributed by atoms with Gasteiger partial charge < -0.3 is 15.4 Å². The van der Waals surface area contributed by atoms with Crippen molar-refractivity contribution in [3.8, 4) is 5.75 Å². The topological polar surface area (TPSA) is 38.5 Å². The van der Waals surface area contributed by atoms with Crippen molar-refractivity contribution in [1.29, 1.82) is 0 Å². The Morgan fingerprint density at radius 3 is 2.39 bits per heavy atom. The molecule has 1 aliphatic heterocycles. The fourth-order valence-corrected chi connectivity index (χ4v) is 3.39. The molecule has 23 heavy (non-hydrogen) atoms. The molecule has 0 amide bonds. The van der Waals surface area contributed by atoms with Crippen LogP contribution in [0.1, 0.15) is 29.0 Å². The minimum atomic E-state index is 0.206. The van der Waals surface area contributed by atoms with Gasteiger partial charge in [0, 0.05) is 30.7 Å². The van der Waals surface area contributed by atoms with Crippen molar-refractivity contribution in [2.75, 3.05) is 25.1 Å². The Hall–Kier alpha value is -2.00. The van der Waals surface area contributed by atoms with Crippen molar-refractivity contribution in [1.82, 2.24) is 0 Å². The van der Waals surface area contributed by atoms with E-state index in [4.69, 9.17) is 10.5 Å². The van der Waals surface area contributed by atoms with Gasteiger partial charge in [-0.05, 0) is 61.2 Å². The van der Waals surface area contributed by atoms with Gasteiger partial charge in [0.05, 0.1) is 7.11 Å². The van der Waals surface area contributed by atoms with Crippen molar-refractivity contribution in [3.63, 3.8) is 0 Å². The molecule has 2 unspecified atom stereocenters. The van der Waals surface area contributed by atoms with Gasteiger partial charge in [-0.2, -0.15) is 0 Å². The van der Waals surface area contributed by atoms with E-state index in [2.05, 4.69) is 49.1 Å². The maximum atomic E-state index is 6.35. The fraction of sp³-hybridized carbons (Fsp3) is 0.400. The molecule has 1 heterocycles. The first kappa shape index (κ1) is 15.9. The Morgan fingerprint density at radius 2 is 1.74 bits per heavy atom. The van der Waals surface area contributed by atoms with E-state index in [0.717, 1.165) is 25.3 Å². The van der Waals surface area contributed by atoms with Gasteiger partial charge in [-0.15, -0.1) is 0 Å². The molecule has 1 aliphatic rings. The third-order valence-electron chi connectivity index (χ3n) is 4.93. The second kappa shape index (κ2) is 6.63. The third-order valence-corrected chi connectivity index (χ3v) is 4.93. The molecule has 3 heteroatoms. The number of hydrogen-bond acceptors (Lipinski definition) is 3. The average molecular weight is 310 g/mol. The minimum Gasteiger partial charge on any atom is -0.497 e. The number of hydrogen-bond donors (Lipinski definition) is 1. The van der Waals surface area contributed by atoms with E-state index in [1.165, 1.54) is 22.4 Å². The van der Waals surface area contributed by atoms with E-state index in [1.807, 2.05) is 12.1 Å². The Morgan fingerprint density at radius 1 is 1.00 bits per heavy atom. The third kappa shape index (κ3) is 3.50. The maximum absolute atomic E-state index is 6.35. The van der Waals surface area contributed by atoms with E-state index >= 15 is 0 Å². The lowest BCUT2D eigenvalue weighted by Gasteiger charge is -2.38. The van der Waals surface area contributed by atoms with Crippen LogP contribution < -0.4 is 15.4 Å². The Labute approximate surface area is 139 Å². The van der Waals surface area contributed by atoms with Crippen molar-refractivity contribution in [3.05, 3.63) is 59.2 Å². The summed E-state index contributed by atoms with van der Waals surface area (Å²) in [5.74, 6) is 1.37. The summed E-state index contributed by atoms with van der Waals surface area (Å²) in [5.41, 5.74) is 11.6. The minimum absolute atomic E-state index is 0.206. The number of nitrogens with zero attached hydrogens (tertiary/aromatic N) is 1. The van der Waals surface area contributed by atoms with Gasteiger partial charge >= 0.3 is 0 Å². The van der Waals surface area contributed by atoms with Gasteiger partial charge in [0.1, 0.15) is 5.75 Å². The number of nitrogens with two attached hydrogens (primary N) is 1. The van der Waals surface area contributed by atoms with Crippen molar-refractivity contribution in [2.24, 2.45) is 5.73 Å². The Balaban J connectivity index is 1.81. The SMILES string of the molecule is COc1ccc(C2CC(N)CN(c3ccc(C)c(C)c3)C2)cc1. The molecule has 0 saturated carbocycles. The first-order valence-electron chi connectivity index (χ1n) is 8.28. The zero-order chi connectivity index (χ0) is 16.4. The van der Waals surface area contributed by atoms with Crippen LogP contribution in [0.15, 0.2) is 42.5 Å². The number of aryl methyl sites for hydroxylation is 2. The second-order valence-electron chi connectivity index (χ2n) is 6.64. The highest BCUT2D eigenvalue weighted by atomic mass is 16.5. The van der Waals surface area contributed by atoms with Gasteiger partial charge in [0.2, 0.25) is 0 Å². The summed E-state index contributed by atoms with van der Waals surface area (Å²) >= 11 is 0. The van der Waals surface area contributed by atoms with E-state index in [-0.39, 0.29) is 6.04 Å². The maximum Gasteiger partial charge on any atom is 0.118 e. The first-order chi connectivity index (χ1) is 11.1. The first-order valence-corrected chi connectivity index (χ1v) is 8.28. The number of ether oxygens (including phenoxy) is 1. The number of piperidine rings is 1. The van der Waals surface area contributed by atoms with Crippen molar-refractivity contribution < 1.29 is 4.74 Å². The van der Waals surface area contributed by atoms with Gasteiger partial charge in [-0.3, -0.25) is 0 Å². The summed E-state index contributed by atoms with van der Waals surface area (Å²) in [6, 6.07) is 15.3. The Bertz CT molecular complexity index is 666. The zero-order valence-corrected chi connectivity index (χ0v) is 14.3. The highest BCUT2D eigenvalue weighted by molar-refractivity contribution is 5.52. The number of methoxy groups -OCH3 is 1. The molecule has 0 aromatic heterocycles. The summed E-state index contributed by atoms with van der Waals surface area (Å²) in [4.78, 5) is 2.43. The van der Waals surface area contributed by atoms with Gasteiger partial charge in [0.15, 0.2) is 0 Å². The lowest BCUT2D eigenvalue weighted by molar-refractivity contribution is 0.413. The smallest absolute Gasteiger partial charge is 0.118 e. The van der Waals surface area contributed by atoms with Crippen LogP contribution in [-0.2, 0) is 0 Å². The molecule has 0 spiro atoms. The summed E-state index contributed by atoms with van der Waals surface area (Å²) in [5, 5.41) is 0. The highest BCUT2D eigenvalue weighted by Gasteiger charge is 2.26. The highest BCUT2D eigenvalue weighted by Crippen LogP contribution is 2.31. The molecule has 0 radical (unpaired) electrons. The van der Waals surface area contributed by atoms with Crippen LogP contribution in [0, 0.1) is 13.8 Å². The quantitative estimate of drug-likeness (QED) is 0.941. The normalized spacial score (nSPS) is 21.3. The summed E-state index contributed by atoms with van der Waals surface area (Å²) in [7, 11) is 1.70. The molecule has 2 atom stereocenters. The van der Waals surface area contributed by atoms with Gasteiger partial charge in [-0.25, -0.2) is 0 Å². The van der Waals surface area contributed by atoms with Crippen LogP contribution in [0.2, 0.25) is 0 Å². The number of benzene rings is 2. The molecule has 0 bridgehead atoms. The number of rotatable bonds is 3. The monoisotopic (exact) mass is 310 g/mol. The zero-order valence-electron chi connectivity index (χ0n) is 14.3. The largest absolute Gasteiger partial charge is 0.497 e. The van der Waals surface area contributed by atoms with Crippen LogP contribution in [0.25, 0.3) is 0 Å². The van der Waals surface area contributed by atoms with Crippen LogP contribution in [-0.4, -0.2) is 26.2 Å². The Kier molecular flexibility index (Phi) is 4.58. The molecule has 1 saturated heterocycles. The molecule has 0 aliphatic carbocycles. The molecule has 2 N–H and O–H groups in total. The molecular weight excluding hydrogens is 284 g/mol. The summed E-state index contributed by atoms with van der Waals surface area (Å²) in [6.07, 6.45) is 1.04. The summed E-state index contributed by atoms with van der Waals surface area (Å²) in [6.45, 7) is 6.27. The van der Waals surface area contributed by atoms with E-state index in [0.29, 0.717) is 5.92 Å². The van der Waals surface area contributed by atoms with E-state index < -0.39 is 0 Å². The second-order valence-corrected chi connectivity index (χ2v) is 6.64. The standard InChI is InChI=1S/C20H26N2O/c1-14-4-7-19(10-15(14)2)22-12-17(11-18(21)13-22)16-5-8-20(23-3)9-6-16/h4-10,17-18H,11-13,21H2,1-3H3. The molecule has 122 valence electrons. The van der Waals surface area contributed by atoms with Gasteiger partial charge in [0.25, 0.3) is 0 Å². The van der Waals surface area contributed by atoms with E-state index in [1.54, 1.807) is 7.11 Å². The molecule has 3 rings (SSSR count). The molecule has 2 aromatic rings. The fourth-order valence-electron chi connectivity index (χ4n) is 3.39. The van der Waals surface area contributed by atoms with E-state index in [9.17, 15) is 0 Å². The lowest BCUT2D eigenvalue weighted by Crippen LogP contribution is -2.46.